The first-order chi connectivity index (χ1) is 8.92. The van der Waals surface area contributed by atoms with E-state index >= 15 is 0 Å². The summed E-state index contributed by atoms with van der Waals surface area (Å²) in [6.07, 6.45) is 0. The lowest BCUT2D eigenvalue weighted by Crippen LogP contribution is -2.46. The lowest BCUT2D eigenvalue weighted by molar-refractivity contribution is -0.138. The third-order valence-electron chi connectivity index (χ3n) is 3.24. The molecule has 2 aliphatic rings. The number of thioether (sulfide) groups is 1. The molecule has 0 spiro atoms. The number of aliphatic hydroxyl groups is 1. The zero-order valence-corrected chi connectivity index (χ0v) is 10.8. The van der Waals surface area contributed by atoms with E-state index in [0.29, 0.717) is 11.3 Å². The van der Waals surface area contributed by atoms with Crippen molar-refractivity contribution in [3.63, 3.8) is 0 Å². The highest BCUT2D eigenvalue weighted by atomic mass is 32.2. The third-order valence-corrected chi connectivity index (χ3v) is 4.35. The Balaban J connectivity index is 2.13. The third kappa shape index (κ3) is 1.58. The SMILES string of the molecule is Cc1ccc2c(c1)[C@](O)([C@@H]1SC(N)=NC1=O)C(=O)N2. The van der Waals surface area contributed by atoms with Crippen molar-refractivity contribution in [2.24, 2.45) is 10.7 Å². The monoisotopic (exact) mass is 277 g/mol. The second-order valence-corrected chi connectivity index (χ2v) is 5.68. The van der Waals surface area contributed by atoms with Crippen molar-refractivity contribution in [3.05, 3.63) is 29.3 Å². The van der Waals surface area contributed by atoms with Crippen LogP contribution in [0.15, 0.2) is 23.2 Å². The molecule has 1 aromatic rings. The highest BCUT2D eigenvalue weighted by molar-refractivity contribution is 8.15. The fraction of sp³-hybridized carbons (Fsp3) is 0.250. The van der Waals surface area contributed by atoms with Crippen LogP contribution in [0.4, 0.5) is 5.69 Å². The minimum atomic E-state index is -1.92. The normalized spacial score (nSPS) is 29.2. The molecule has 0 bridgehead atoms. The van der Waals surface area contributed by atoms with E-state index in [1.807, 2.05) is 13.0 Å². The maximum Gasteiger partial charge on any atom is 0.265 e. The molecule has 0 unspecified atom stereocenters. The Bertz CT molecular complexity index is 643. The largest absolute Gasteiger partial charge is 0.378 e. The molecule has 2 heterocycles. The maximum atomic E-state index is 12.1. The van der Waals surface area contributed by atoms with Gasteiger partial charge >= 0.3 is 0 Å². The Morgan fingerprint density at radius 3 is 2.84 bits per heavy atom. The van der Waals surface area contributed by atoms with Gasteiger partial charge in [-0.2, -0.15) is 4.99 Å². The first-order valence-corrected chi connectivity index (χ1v) is 6.50. The number of nitrogens with two attached hydrogens (primary N) is 1. The number of carbonyl (C=O) groups excluding carboxylic acids is 2. The van der Waals surface area contributed by atoms with Crippen LogP contribution in [0.3, 0.4) is 0 Å². The molecule has 0 fully saturated rings. The lowest BCUT2D eigenvalue weighted by atomic mass is 9.90. The summed E-state index contributed by atoms with van der Waals surface area (Å²) in [5.41, 5.74) is 5.36. The van der Waals surface area contributed by atoms with E-state index < -0.39 is 22.7 Å². The van der Waals surface area contributed by atoms with Gasteiger partial charge in [-0.15, -0.1) is 0 Å². The number of aliphatic imine (C=N–C) groups is 1. The van der Waals surface area contributed by atoms with Crippen molar-refractivity contribution in [2.45, 2.75) is 17.8 Å². The molecule has 2 atom stereocenters. The molecule has 0 saturated carbocycles. The molecule has 7 heteroatoms. The van der Waals surface area contributed by atoms with Crippen molar-refractivity contribution in [1.82, 2.24) is 0 Å². The number of benzene rings is 1. The fourth-order valence-corrected chi connectivity index (χ4v) is 3.25. The zero-order valence-electron chi connectivity index (χ0n) is 10.0. The van der Waals surface area contributed by atoms with Gasteiger partial charge in [0.2, 0.25) is 0 Å². The summed E-state index contributed by atoms with van der Waals surface area (Å²) in [5, 5.41) is 12.4. The van der Waals surface area contributed by atoms with Crippen molar-refractivity contribution < 1.29 is 14.7 Å². The Morgan fingerprint density at radius 1 is 1.47 bits per heavy atom. The molecule has 98 valence electrons. The van der Waals surface area contributed by atoms with Gasteiger partial charge in [0.25, 0.3) is 11.8 Å². The summed E-state index contributed by atoms with van der Waals surface area (Å²) in [4.78, 5) is 27.4. The Morgan fingerprint density at radius 2 is 2.21 bits per heavy atom. The van der Waals surface area contributed by atoms with Crippen molar-refractivity contribution >= 4 is 34.4 Å². The number of anilines is 1. The van der Waals surface area contributed by atoms with Gasteiger partial charge in [0, 0.05) is 11.3 Å². The van der Waals surface area contributed by atoms with E-state index in [1.54, 1.807) is 12.1 Å². The zero-order chi connectivity index (χ0) is 13.8. The summed E-state index contributed by atoms with van der Waals surface area (Å²) < 4.78 is 0. The van der Waals surface area contributed by atoms with E-state index in [2.05, 4.69) is 10.3 Å². The molecule has 0 radical (unpaired) electrons. The van der Waals surface area contributed by atoms with E-state index in [1.165, 1.54) is 0 Å². The highest BCUT2D eigenvalue weighted by Gasteiger charge is 2.56. The number of hydrogen-bond donors (Lipinski definition) is 3. The molecule has 0 aliphatic carbocycles. The molecular weight excluding hydrogens is 266 g/mol. The highest BCUT2D eigenvalue weighted by Crippen LogP contribution is 2.44. The summed E-state index contributed by atoms with van der Waals surface area (Å²) >= 11 is 0.910. The van der Waals surface area contributed by atoms with E-state index in [-0.39, 0.29) is 5.17 Å². The smallest absolute Gasteiger partial charge is 0.265 e. The van der Waals surface area contributed by atoms with Crippen LogP contribution in [0, 0.1) is 6.92 Å². The number of rotatable bonds is 1. The van der Waals surface area contributed by atoms with Crippen LogP contribution in [0.2, 0.25) is 0 Å². The van der Waals surface area contributed by atoms with Gasteiger partial charge in [-0.1, -0.05) is 29.5 Å². The predicted octanol–water partition coefficient (Wildman–Crippen LogP) is 0.0914. The summed E-state index contributed by atoms with van der Waals surface area (Å²) in [6, 6.07) is 5.21. The van der Waals surface area contributed by atoms with Gasteiger partial charge in [0.05, 0.1) is 0 Å². The van der Waals surface area contributed by atoms with Crippen LogP contribution in [-0.2, 0) is 15.2 Å². The van der Waals surface area contributed by atoms with Gasteiger partial charge in [-0.25, -0.2) is 0 Å². The molecule has 0 saturated heterocycles. The molecular formula is C12H11N3O3S. The van der Waals surface area contributed by atoms with Gasteiger partial charge < -0.3 is 16.2 Å². The standard InChI is InChI=1S/C12H11N3O3S/c1-5-2-3-7-6(4-5)12(18,10(17)14-7)8-9(16)15-11(13)19-8/h2-4,8,18H,1H3,(H,14,17)(H2,13,15,16)/t8-,12+/m1/s1. The minimum Gasteiger partial charge on any atom is -0.378 e. The van der Waals surface area contributed by atoms with E-state index in [0.717, 1.165) is 17.3 Å². The average molecular weight is 277 g/mol. The number of amides is 2. The van der Waals surface area contributed by atoms with Crippen LogP contribution in [0.25, 0.3) is 0 Å². The Labute approximate surface area is 113 Å². The summed E-state index contributed by atoms with van der Waals surface area (Å²) in [7, 11) is 0. The molecule has 6 nitrogen and oxygen atoms in total. The second kappa shape index (κ2) is 3.82. The first-order valence-electron chi connectivity index (χ1n) is 5.62. The van der Waals surface area contributed by atoms with E-state index in [4.69, 9.17) is 5.73 Å². The summed E-state index contributed by atoms with van der Waals surface area (Å²) in [5.74, 6) is -1.21. The fourth-order valence-electron chi connectivity index (χ4n) is 2.31. The molecule has 2 amide bonds. The van der Waals surface area contributed by atoms with Gasteiger partial charge in [0.15, 0.2) is 10.8 Å². The van der Waals surface area contributed by atoms with Crippen molar-refractivity contribution in [1.29, 1.82) is 0 Å². The maximum absolute atomic E-state index is 12.1. The van der Waals surface area contributed by atoms with Crippen molar-refractivity contribution in [2.75, 3.05) is 5.32 Å². The molecule has 1 aromatic carbocycles. The molecule has 19 heavy (non-hydrogen) atoms. The van der Waals surface area contributed by atoms with Gasteiger partial charge in [-0.3, -0.25) is 9.59 Å². The number of carbonyl (C=O) groups is 2. The number of hydrogen-bond acceptors (Lipinski definition) is 5. The van der Waals surface area contributed by atoms with Crippen LogP contribution in [0.5, 0.6) is 0 Å². The Hall–Kier alpha value is -1.86. The van der Waals surface area contributed by atoms with Crippen LogP contribution in [0.1, 0.15) is 11.1 Å². The molecule has 4 N–H and O–H groups in total. The topological polar surface area (TPSA) is 105 Å². The van der Waals surface area contributed by atoms with Crippen molar-refractivity contribution in [3.8, 4) is 0 Å². The predicted molar refractivity (Wildman–Crippen MR) is 71.7 cm³/mol. The quantitative estimate of drug-likeness (QED) is 0.675. The van der Waals surface area contributed by atoms with Crippen LogP contribution < -0.4 is 11.1 Å². The minimum absolute atomic E-state index is 0.0670. The number of amidine groups is 1. The number of aryl methyl sites for hydroxylation is 1. The molecule has 2 aliphatic heterocycles. The van der Waals surface area contributed by atoms with E-state index in [9.17, 15) is 14.7 Å². The Kier molecular flexibility index (Phi) is 2.45. The lowest BCUT2D eigenvalue weighted by Gasteiger charge is -2.25. The summed E-state index contributed by atoms with van der Waals surface area (Å²) in [6.45, 7) is 1.85. The molecule has 0 aromatic heterocycles. The number of nitrogens with zero attached hydrogens (tertiary/aromatic N) is 1. The number of fused-ring (bicyclic) bond motifs is 1. The van der Waals surface area contributed by atoms with Crippen LogP contribution in [-0.4, -0.2) is 27.3 Å². The second-order valence-electron chi connectivity index (χ2n) is 4.56. The average Bonchev–Trinajstić information content (AvgIpc) is 2.80. The van der Waals surface area contributed by atoms with Gasteiger partial charge in [0.1, 0.15) is 5.25 Å². The first kappa shape index (κ1) is 12.2. The number of nitrogens with one attached hydrogen (secondary N) is 1. The van der Waals surface area contributed by atoms with Gasteiger partial charge in [-0.05, 0) is 13.0 Å². The van der Waals surface area contributed by atoms with Crippen LogP contribution >= 0.6 is 11.8 Å². The molecule has 3 rings (SSSR count).